The molecule has 8 nitrogen and oxygen atoms in total. The molecule has 4 atom stereocenters. The van der Waals surface area contributed by atoms with Crippen LogP contribution in [0.4, 0.5) is 19.0 Å². The molecule has 0 bridgehead atoms. The monoisotopic (exact) mass is 513 g/mol. The molecule has 0 amide bonds. The SMILES string of the molecule is CC1(C)OC2C(C#Cc3ccccc3C(F)(F)F)OC(n3cnc4c(NC5CCCC5)ncnc43)C2O1. The van der Waals surface area contributed by atoms with E-state index in [1.807, 2.05) is 0 Å². The van der Waals surface area contributed by atoms with Gasteiger partial charge in [0.1, 0.15) is 24.6 Å². The van der Waals surface area contributed by atoms with E-state index in [1.165, 1.54) is 37.4 Å². The van der Waals surface area contributed by atoms with Crippen molar-refractivity contribution in [3.63, 3.8) is 0 Å². The van der Waals surface area contributed by atoms with E-state index in [0.717, 1.165) is 18.9 Å². The Bertz CT molecular complexity index is 1370. The molecule has 0 radical (unpaired) electrons. The first-order valence-corrected chi connectivity index (χ1v) is 12.3. The molecule has 0 spiro atoms. The van der Waals surface area contributed by atoms with E-state index in [4.69, 9.17) is 14.2 Å². The third kappa shape index (κ3) is 4.54. The zero-order valence-electron chi connectivity index (χ0n) is 20.3. The lowest BCUT2D eigenvalue weighted by Gasteiger charge is -2.23. The number of imidazole rings is 1. The van der Waals surface area contributed by atoms with Gasteiger partial charge in [0.2, 0.25) is 0 Å². The minimum Gasteiger partial charge on any atom is -0.365 e. The Morgan fingerprint density at radius 3 is 2.59 bits per heavy atom. The highest BCUT2D eigenvalue weighted by Crippen LogP contribution is 2.44. The molecule has 6 rings (SSSR count). The molecule has 4 heterocycles. The van der Waals surface area contributed by atoms with Crippen LogP contribution in [0.25, 0.3) is 11.2 Å². The summed E-state index contributed by atoms with van der Waals surface area (Å²) in [5, 5.41) is 3.47. The van der Waals surface area contributed by atoms with Gasteiger partial charge in [0.05, 0.1) is 11.9 Å². The summed E-state index contributed by atoms with van der Waals surface area (Å²) in [7, 11) is 0. The third-order valence-corrected chi connectivity index (χ3v) is 6.94. The van der Waals surface area contributed by atoms with Crippen LogP contribution in [0.1, 0.15) is 56.9 Å². The van der Waals surface area contributed by atoms with E-state index < -0.39 is 42.1 Å². The van der Waals surface area contributed by atoms with Crippen molar-refractivity contribution in [2.75, 3.05) is 5.32 Å². The standard InChI is InChI=1S/C26H26F3N5O3/c1-25(2)36-20-18(12-11-15-7-3-6-10-17(15)26(27,28)29)35-24(21(20)37-25)34-14-32-19-22(30-13-31-23(19)34)33-16-8-4-5-9-16/h3,6-7,10,13-14,16,18,20-21,24H,4-5,8-9H2,1-2H3,(H,30,31,33). The van der Waals surface area contributed by atoms with Gasteiger partial charge in [0.15, 0.2) is 29.0 Å². The van der Waals surface area contributed by atoms with Crippen molar-refractivity contribution in [3.05, 3.63) is 48.0 Å². The number of anilines is 1. The van der Waals surface area contributed by atoms with Crippen molar-refractivity contribution in [2.45, 2.75) is 82.1 Å². The van der Waals surface area contributed by atoms with Crippen LogP contribution in [0, 0.1) is 11.8 Å². The predicted molar refractivity (Wildman–Crippen MR) is 127 cm³/mol. The van der Waals surface area contributed by atoms with E-state index >= 15 is 0 Å². The number of fused-ring (bicyclic) bond motifs is 2. The first kappa shape index (κ1) is 24.2. The second kappa shape index (κ2) is 8.97. The van der Waals surface area contributed by atoms with Crippen LogP contribution in [0.5, 0.6) is 0 Å². The van der Waals surface area contributed by atoms with Crippen molar-refractivity contribution in [3.8, 4) is 11.8 Å². The van der Waals surface area contributed by atoms with Crippen LogP contribution in [0.15, 0.2) is 36.9 Å². The van der Waals surface area contributed by atoms with Crippen molar-refractivity contribution in [2.24, 2.45) is 0 Å². The van der Waals surface area contributed by atoms with Crippen molar-refractivity contribution < 1.29 is 27.4 Å². The highest BCUT2D eigenvalue weighted by molar-refractivity contribution is 5.82. The highest BCUT2D eigenvalue weighted by Gasteiger charge is 2.56. The minimum absolute atomic E-state index is 0.125. The Labute approximate surface area is 211 Å². The summed E-state index contributed by atoms with van der Waals surface area (Å²) < 4.78 is 60.6. The van der Waals surface area contributed by atoms with E-state index in [-0.39, 0.29) is 5.56 Å². The Morgan fingerprint density at radius 1 is 1.05 bits per heavy atom. The molecule has 1 aliphatic carbocycles. The zero-order chi connectivity index (χ0) is 25.8. The van der Waals surface area contributed by atoms with Crippen molar-refractivity contribution >= 4 is 17.0 Å². The van der Waals surface area contributed by atoms with Gasteiger partial charge in [-0.2, -0.15) is 13.2 Å². The van der Waals surface area contributed by atoms with E-state index in [1.54, 1.807) is 24.7 Å². The van der Waals surface area contributed by atoms with Gasteiger partial charge in [-0.05, 0) is 38.8 Å². The first-order chi connectivity index (χ1) is 17.7. The molecular formula is C26H26F3N5O3. The molecule has 2 aromatic heterocycles. The summed E-state index contributed by atoms with van der Waals surface area (Å²) in [6, 6.07) is 5.56. The van der Waals surface area contributed by atoms with Gasteiger partial charge >= 0.3 is 6.18 Å². The van der Waals surface area contributed by atoms with Gasteiger partial charge in [-0.3, -0.25) is 4.57 Å². The van der Waals surface area contributed by atoms with Gasteiger partial charge < -0.3 is 19.5 Å². The fraction of sp³-hybridized carbons (Fsp3) is 0.500. The Balaban J connectivity index is 1.33. The van der Waals surface area contributed by atoms with E-state index in [2.05, 4.69) is 32.1 Å². The Hall–Kier alpha value is -3.20. The number of nitrogens with zero attached hydrogens (tertiary/aromatic N) is 4. The summed E-state index contributed by atoms with van der Waals surface area (Å²) in [5.74, 6) is 5.27. The van der Waals surface area contributed by atoms with E-state index in [0.29, 0.717) is 23.0 Å². The average Bonchev–Trinajstić information content (AvgIpc) is 3.62. The zero-order valence-corrected chi connectivity index (χ0v) is 20.3. The molecule has 11 heteroatoms. The molecular weight excluding hydrogens is 487 g/mol. The van der Waals surface area contributed by atoms with Gasteiger partial charge in [-0.15, -0.1) is 0 Å². The Kier molecular flexibility index (Phi) is 5.86. The number of nitrogens with one attached hydrogen (secondary N) is 1. The number of benzene rings is 1. The van der Waals surface area contributed by atoms with Crippen molar-refractivity contribution in [1.29, 1.82) is 0 Å². The van der Waals surface area contributed by atoms with E-state index in [9.17, 15) is 13.2 Å². The maximum atomic E-state index is 13.5. The van der Waals surface area contributed by atoms with Gasteiger partial charge in [-0.25, -0.2) is 15.0 Å². The maximum Gasteiger partial charge on any atom is 0.417 e. The first-order valence-electron chi connectivity index (χ1n) is 12.3. The molecule has 4 unspecified atom stereocenters. The number of ether oxygens (including phenoxy) is 3. The summed E-state index contributed by atoms with van der Waals surface area (Å²) in [4.78, 5) is 13.4. The second-order valence-electron chi connectivity index (χ2n) is 10.00. The summed E-state index contributed by atoms with van der Waals surface area (Å²) in [6.07, 6.45) is 0.421. The van der Waals surface area contributed by atoms with Gasteiger partial charge in [0, 0.05) is 11.6 Å². The van der Waals surface area contributed by atoms with Crippen LogP contribution in [0.3, 0.4) is 0 Å². The third-order valence-electron chi connectivity index (χ3n) is 6.94. The number of hydrogen-bond donors (Lipinski definition) is 1. The smallest absolute Gasteiger partial charge is 0.365 e. The molecule has 3 aliphatic rings. The largest absolute Gasteiger partial charge is 0.417 e. The maximum absolute atomic E-state index is 13.5. The lowest BCUT2D eigenvalue weighted by molar-refractivity contribution is -0.190. The van der Waals surface area contributed by atoms with Crippen LogP contribution >= 0.6 is 0 Å². The number of alkyl halides is 3. The van der Waals surface area contributed by atoms with Crippen LogP contribution in [-0.4, -0.2) is 49.7 Å². The lowest BCUT2D eigenvalue weighted by atomic mass is 10.1. The molecule has 3 fully saturated rings. The summed E-state index contributed by atoms with van der Waals surface area (Å²) >= 11 is 0. The van der Waals surface area contributed by atoms with Gasteiger partial charge in [-0.1, -0.05) is 36.8 Å². The molecule has 1 N–H and O–H groups in total. The molecule has 1 aromatic carbocycles. The Morgan fingerprint density at radius 2 is 1.81 bits per heavy atom. The highest BCUT2D eigenvalue weighted by atomic mass is 19.4. The molecule has 2 aliphatic heterocycles. The van der Waals surface area contributed by atoms with Gasteiger partial charge in [0.25, 0.3) is 0 Å². The quantitative estimate of drug-likeness (QED) is 0.510. The molecule has 1 saturated carbocycles. The molecule has 2 saturated heterocycles. The number of halogens is 3. The average molecular weight is 514 g/mol. The van der Waals surface area contributed by atoms with Crippen LogP contribution in [-0.2, 0) is 20.4 Å². The normalized spacial score (nSPS) is 27.3. The fourth-order valence-corrected chi connectivity index (χ4v) is 5.31. The number of aromatic nitrogens is 4. The fourth-order valence-electron chi connectivity index (χ4n) is 5.31. The summed E-state index contributed by atoms with van der Waals surface area (Å²) in [5.41, 5.74) is 0.252. The van der Waals surface area contributed by atoms with Crippen molar-refractivity contribution in [1.82, 2.24) is 19.5 Å². The van der Waals surface area contributed by atoms with Crippen LogP contribution in [0.2, 0.25) is 0 Å². The molecule has 3 aromatic rings. The molecule has 37 heavy (non-hydrogen) atoms. The lowest BCUT2D eigenvalue weighted by Crippen LogP contribution is -2.28. The predicted octanol–water partition coefficient (Wildman–Crippen LogP) is 4.67. The van der Waals surface area contributed by atoms with Crippen LogP contribution < -0.4 is 5.32 Å². The minimum atomic E-state index is -4.51. The number of hydrogen-bond acceptors (Lipinski definition) is 7. The molecule has 194 valence electrons. The second-order valence-corrected chi connectivity index (χ2v) is 10.00. The number of rotatable bonds is 3. The topological polar surface area (TPSA) is 83.3 Å². The summed E-state index contributed by atoms with van der Waals surface area (Å²) in [6.45, 7) is 3.56.